The maximum absolute atomic E-state index is 12.3. The van der Waals surface area contributed by atoms with Crippen LogP contribution in [0.5, 0.6) is 0 Å². The van der Waals surface area contributed by atoms with Gasteiger partial charge in [0.2, 0.25) is 17.8 Å². The van der Waals surface area contributed by atoms with Crippen molar-refractivity contribution < 1.29 is 14.4 Å². The Morgan fingerprint density at radius 2 is 2.08 bits per heavy atom. The molecule has 3 heterocycles. The topological polar surface area (TPSA) is 120 Å². The number of fused-ring (bicyclic) bond motifs is 1. The number of thiophene rings is 1. The van der Waals surface area contributed by atoms with Crippen molar-refractivity contribution in [3.05, 3.63) is 50.8 Å². The van der Waals surface area contributed by atoms with E-state index in [-0.39, 0.29) is 24.3 Å². The van der Waals surface area contributed by atoms with Crippen LogP contribution in [0.2, 0.25) is 5.02 Å². The van der Waals surface area contributed by atoms with Crippen LogP contribution in [0.3, 0.4) is 0 Å². The Hall–Kier alpha value is -3.70. The first-order valence-electron chi connectivity index (χ1n) is 11.3. The van der Waals surface area contributed by atoms with Gasteiger partial charge in [0.25, 0.3) is 5.91 Å². The minimum Gasteiger partial charge on any atom is -0.354 e. The van der Waals surface area contributed by atoms with Gasteiger partial charge in [-0.25, -0.2) is 4.98 Å². The van der Waals surface area contributed by atoms with E-state index >= 15 is 0 Å². The van der Waals surface area contributed by atoms with Crippen molar-refractivity contribution in [1.82, 2.24) is 20.2 Å². The molecule has 0 saturated heterocycles. The van der Waals surface area contributed by atoms with Crippen LogP contribution < -0.4 is 20.9 Å². The minimum absolute atomic E-state index is 0.00616. The zero-order chi connectivity index (χ0) is 26.0. The molecule has 4 rings (SSSR count). The number of hydrogen-bond acceptors (Lipinski definition) is 8. The van der Waals surface area contributed by atoms with E-state index in [9.17, 15) is 14.4 Å². The first kappa shape index (κ1) is 25.4. The van der Waals surface area contributed by atoms with Crippen LogP contribution in [0.4, 0.5) is 28.8 Å². The second kappa shape index (κ2) is 10.5. The molecule has 0 spiro atoms. The van der Waals surface area contributed by atoms with Crippen molar-refractivity contribution in [2.75, 3.05) is 35.7 Å². The highest BCUT2D eigenvalue weighted by atomic mass is 35.5. The Bertz CT molecular complexity index is 1340. The molecule has 3 amide bonds. The van der Waals surface area contributed by atoms with Crippen molar-refractivity contribution in [1.29, 1.82) is 0 Å². The lowest BCUT2D eigenvalue weighted by molar-refractivity contribution is -0.133. The fourth-order valence-electron chi connectivity index (χ4n) is 3.85. The van der Waals surface area contributed by atoms with Crippen LogP contribution in [0, 0.1) is 6.92 Å². The maximum atomic E-state index is 12.3. The van der Waals surface area contributed by atoms with E-state index < -0.39 is 0 Å². The number of aryl methyl sites for hydroxylation is 1. The molecule has 0 atom stereocenters. The molecule has 188 valence electrons. The van der Waals surface area contributed by atoms with Gasteiger partial charge in [0.15, 0.2) is 5.82 Å². The summed E-state index contributed by atoms with van der Waals surface area (Å²) in [6.07, 6.45) is 1.51. The Labute approximate surface area is 217 Å². The quantitative estimate of drug-likeness (QED) is 0.442. The molecule has 10 nitrogen and oxygen atoms in total. The molecule has 1 aliphatic rings. The Morgan fingerprint density at radius 3 is 2.78 bits per heavy atom. The number of aromatic nitrogens is 2. The van der Waals surface area contributed by atoms with Crippen molar-refractivity contribution in [3.8, 4) is 0 Å². The van der Waals surface area contributed by atoms with Gasteiger partial charge in [-0.15, -0.1) is 11.3 Å². The normalized spacial score (nSPS) is 12.9. The number of carbonyl (C=O) groups excluding carboxylic acids is 3. The molecule has 3 aromatic rings. The predicted octanol–water partition coefficient (Wildman–Crippen LogP) is 4.06. The summed E-state index contributed by atoms with van der Waals surface area (Å²) in [7, 11) is 1.58. The van der Waals surface area contributed by atoms with Crippen LogP contribution in [0.1, 0.15) is 34.6 Å². The van der Waals surface area contributed by atoms with Crippen LogP contribution in [0.25, 0.3) is 0 Å². The van der Waals surface area contributed by atoms with Crippen molar-refractivity contribution in [3.63, 3.8) is 0 Å². The summed E-state index contributed by atoms with van der Waals surface area (Å²) in [6, 6.07) is 5.63. The van der Waals surface area contributed by atoms with Crippen molar-refractivity contribution in [2.24, 2.45) is 0 Å². The first-order valence-corrected chi connectivity index (χ1v) is 12.5. The zero-order valence-electron chi connectivity index (χ0n) is 20.3. The molecule has 1 aliphatic heterocycles. The second-order valence-corrected chi connectivity index (χ2v) is 9.49. The molecule has 2 aromatic heterocycles. The molecular weight excluding hydrogens is 502 g/mol. The second-order valence-electron chi connectivity index (χ2n) is 8.20. The van der Waals surface area contributed by atoms with E-state index in [1.165, 1.54) is 29.4 Å². The zero-order valence-corrected chi connectivity index (χ0v) is 21.9. The molecule has 0 fully saturated rings. The van der Waals surface area contributed by atoms with Crippen LogP contribution in [-0.2, 0) is 16.1 Å². The lowest BCUT2D eigenvalue weighted by atomic mass is 10.1. The number of benzene rings is 1. The summed E-state index contributed by atoms with van der Waals surface area (Å²) in [5.74, 6) is 0.145. The fourth-order valence-corrected chi connectivity index (χ4v) is 4.94. The van der Waals surface area contributed by atoms with E-state index in [0.717, 1.165) is 16.8 Å². The molecular formula is C24H26ClN7O3S. The summed E-state index contributed by atoms with van der Waals surface area (Å²) in [5, 5.41) is 10.9. The van der Waals surface area contributed by atoms with E-state index in [4.69, 9.17) is 11.6 Å². The largest absolute Gasteiger partial charge is 0.354 e. The highest BCUT2D eigenvalue weighted by molar-refractivity contribution is 7.12. The Morgan fingerprint density at radius 1 is 1.31 bits per heavy atom. The molecule has 0 bridgehead atoms. The lowest BCUT2D eigenvalue weighted by Crippen LogP contribution is -2.33. The summed E-state index contributed by atoms with van der Waals surface area (Å²) < 4.78 is 0. The molecule has 3 N–H and O–H groups in total. The van der Waals surface area contributed by atoms with Crippen LogP contribution in [-0.4, -0.2) is 52.7 Å². The van der Waals surface area contributed by atoms with E-state index in [1.54, 1.807) is 7.05 Å². The summed E-state index contributed by atoms with van der Waals surface area (Å²) in [6.45, 7) is 6.19. The molecule has 0 radical (unpaired) electrons. The number of nitrogens with one attached hydrogen (secondary N) is 3. The smallest absolute Gasteiger partial charge is 0.263 e. The Balaban J connectivity index is 1.67. The number of amides is 3. The number of halogens is 1. The molecule has 0 saturated carbocycles. The van der Waals surface area contributed by atoms with Gasteiger partial charge in [-0.05, 0) is 42.5 Å². The van der Waals surface area contributed by atoms with Gasteiger partial charge < -0.3 is 25.8 Å². The average Bonchev–Trinajstić information content (AvgIpc) is 3.11. The van der Waals surface area contributed by atoms with Crippen molar-refractivity contribution >= 4 is 69.5 Å². The van der Waals surface area contributed by atoms with E-state index in [0.29, 0.717) is 46.1 Å². The summed E-state index contributed by atoms with van der Waals surface area (Å²) in [4.78, 5) is 49.5. The predicted molar refractivity (Wildman–Crippen MR) is 142 cm³/mol. The van der Waals surface area contributed by atoms with E-state index in [1.807, 2.05) is 42.3 Å². The van der Waals surface area contributed by atoms with E-state index in [2.05, 4.69) is 25.9 Å². The third kappa shape index (κ3) is 5.12. The average molecular weight is 528 g/mol. The molecule has 0 unspecified atom stereocenters. The minimum atomic E-state index is -0.253. The molecule has 1 aromatic carbocycles. The van der Waals surface area contributed by atoms with Gasteiger partial charge in [0.1, 0.15) is 16.4 Å². The maximum Gasteiger partial charge on any atom is 0.263 e. The molecule has 0 aliphatic carbocycles. The van der Waals surface area contributed by atoms with Gasteiger partial charge in [0.05, 0.1) is 11.9 Å². The number of hydrogen-bond donors (Lipinski definition) is 3. The third-order valence-electron chi connectivity index (χ3n) is 5.76. The van der Waals surface area contributed by atoms with Crippen molar-refractivity contribution in [2.45, 2.75) is 27.3 Å². The number of anilines is 5. The molecule has 12 heteroatoms. The SMILES string of the molecule is CCN(c1ccc2c(c1)NC(=O)CN(C(C)=O)C2)c1ncc(Cl)c(Nc2c(C)csc2C(=O)NC)n1. The standard InChI is InChI=1S/C24H26ClN7O3S/c1-5-32(16-7-6-15-10-31(14(3)33)11-19(34)28-18(15)8-16)24-27-9-17(25)22(30-24)29-20-13(2)12-36-21(20)23(35)26-4/h6-9,12H,5,10-11H2,1-4H3,(H,26,35)(H,28,34)(H,27,29,30). The fraction of sp³-hybridized carbons (Fsp3) is 0.292. The first-order chi connectivity index (χ1) is 17.2. The monoisotopic (exact) mass is 527 g/mol. The Kier molecular flexibility index (Phi) is 7.41. The lowest BCUT2D eigenvalue weighted by Gasteiger charge is -2.23. The highest BCUT2D eigenvalue weighted by Gasteiger charge is 2.23. The number of nitrogens with zero attached hydrogens (tertiary/aromatic N) is 4. The summed E-state index contributed by atoms with van der Waals surface area (Å²) >= 11 is 7.74. The highest BCUT2D eigenvalue weighted by Crippen LogP contribution is 2.34. The van der Waals surface area contributed by atoms with Gasteiger partial charge in [-0.3, -0.25) is 14.4 Å². The number of carbonyl (C=O) groups is 3. The van der Waals surface area contributed by atoms with Gasteiger partial charge in [0, 0.05) is 38.4 Å². The van der Waals surface area contributed by atoms with Gasteiger partial charge in [-0.2, -0.15) is 4.98 Å². The number of rotatable bonds is 6. The van der Waals surface area contributed by atoms with Crippen LogP contribution in [0.15, 0.2) is 29.8 Å². The van der Waals surface area contributed by atoms with Gasteiger partial charge >= 0.3 is 0 Å². The van der Waals surface area contributed by atoms with Gasteiger partial charge in [-0.1, -0.05) is 17.7 Å². The summed E-state index contributed by atoms with van der Waals surface area (Å²) in [5.41, 5.74) is 3.76. The molecule has 36 heavy (non-hydrogen) atoms. The third-order valence-corrected chi connectivity index (χ3v) is 7.13. The van der Waals surface area contributed by atoms with Crippen LogP contribution >= 0.6 is 22.9 Å².